The highest BCUT2D eigenvalue weighted by molar-refractivity contribution is 6.33. The van der Waals surface area contributed by atoms with Crippen molar-refractivity contribution in [2.45, 2.75) is 6.92 Å². The summed E-state index contributed by atoms with van der Waals surface area (Å²) in [4.78, 5) is 29.6. The molecule has 0 saturated carbocycles. The molecule has 1 aromatic heterocycles. The Morgan fingerprint density at radius 3 is 2.94 bits per heavy atom. The number of nitrogens with one attached hydrogen (secondary N) is 1. The summed E-state index contributed by atoms with van der Waals surface area (Å²) in [6.45, 7) is 1.81. The Hall–Kier alpha value is -2.08. The molecule has 3 N–H and O–H groups in total. The summed E-state index contributed by atoms with van der Waals surface area (Å²) in [7, 11) is 0. The van der Waals surface area contributed by atoms with Crippen molar-refractivity contribution >= 4 is 34.3 Å². The predicted octanol–water partition coefficient (Wildman–Crippen LogP) is 1.34. The first-order valence-electron chi connectivity index (χ1n) is 5.19. The summed E-state index contributed by atoms with van der Waals surface area (Å²) in [6.07, 6.45) is 0. The minimum absolute atomic E-state index is 0.167. The highest BCUT2D eigenvalue weighted by Gasteiger charge is 2.15. The highest BCUT2D eigenvalue weighted by atomic mass is 35.5. The number of H-pyrrole nitrogens is 1. The molecule has 0 amide bonds. The molecule has 0 aliphatic carbocycles. The van der Waals surface area contributed by atoms with Crippen LogP contribution in [-0.4, -0.2) is 22.5 Å². The highest BCUT2D eigenvalue weighted by Crippen LogP contribution is 2.22. The number of halogens is 1. The molecule has 0 unspecified atom stereocenters. The van der Waals surface area contributed by atoms with E-state index in [4.69, 9.17) is 22.1 Å². The van der Waals surface area contributed by atoms with Crippen LogP contribution < -0.4 is 11.3 Å². The van der Waals surface area contributed by atoms with Gasteiger partial charge in [-0.25, -0.2) is 9.78 Å². The molecular formula is C11H10ClN3O3. The number of carbonyl (C=O) groups is 1. The van der Waals surface area contributed by atoms with E-state index in [1.807, 2.05) is 0 Å². The van der Waals surface area contributed by atoms with Crippen LogP contribution in [0.15, 0.2) is 16.9 Å². The molecule has 6 nitrogen and oxygen atoms in total. The Morgan fingerprint density at radius 2 is 2.28 bits per heavy atom. The van der Waals surface area contributed by atoms with Gasteiger partial charge in [0, 0.05) is 0 Å². The van der Waals surface area contributed by atoms with Crippen LogP contribution in [-0.2, 0) is 4.74 Å². The van der Waals surface area contributed by atoms with Gasteiger partial charge in [-0.1, -0.05) is 11.6 Å². The van der Waals surface area contributed by atoms with Gasteiger partial charge in [-0.3, -0.25) is 4.79 Å². The van der Waals surface area contributed by atoms with Crippen molar-refractivity contribution in [3.05, 3.63) is 33.2 Å². The van der Waals surface area contributed by atoms with Gasteiger partial charge in [0.05, 0.1) is 28.4 Å². The van der Waals surface area contributed by atoms with Crippen LogP contribution >= 0.6 is 11.6 Å². The number of fused-ring (bicyclic) bond motifs is 1. The number of carbonyl (C=O) groups excluding carboxylic acids is 1. The fourth-order valence-electron chi connectivity index (χ4n) is 1.46. The number of nitrogens with two attached hydrogens (primary N) is 1. The molecule has 94 valence electrons. The molecule has 1 aromatic carbocycles. The Bertz CT molecular complexity index is 681. The van der Waals surface area contributed by atoms with E-state index in [1.54, 1.807) is 6.92 Å². The van der Waals surface area contributed by atoms with Crippen LogP contribution in [0.5, 0.6) is 0 Å². The third kappa shape index (κ3) is 2.14. The number of hydrogen-bond donors (Lipinski definition) is 2. The van der Waals surface area contributed by atoms with E-state index in [-0.39, 0.29) is 12.3 Å². The smallest absolute Gasteiger partial charge is 0.362 e. The summed E-state index contributed by atoms with van der Waals surface area (Å²) < 4.78 is 4.73. The Labute approximate surface area is 107 Å². The van der Waals surface area contributed by atoms with Crippen molar-refractivity contribution in [3.63, 3.8) is 0 Å². The first kappa shape index (κ1) is 12.4. The molecule has 2 aromatic rings. The number of rotatable bonds is 2. The second kappa shape index (κ2) is 4.66. The summed E-state index contributed by atoms with van der Waals surface area (Å²) >= 11 is 5.83. The molecule has 0 aliphatic rings. The second-order valence-corrected chi connectivity index (χ2v) is 3.93. The summed E-state index contributed by atoms with van der Waals surface area (Å²) in [5.74, 6) is -0.769. The Balaban J connectivity index is 2.65. The number of aromatic amines is 1. The SMILES string of the molecule is CCOC(=O)c1nc2cc(N)c(Cl)cc2[nH]c1=O. The maximum Gasteiger partial charge on any atom is 0.362 e. The fourth-order valence-corrected chi connectivity index (χ4v) is 1.62. The van der Waals surface area contributed by atoms with Gasteiger partial charge in [0.15, 0.2) is 0 Å². The largest absolute Gasteiger partial charge is 0.461 e. The van der Waals surface area contributed by atoms with E-state index in [2.05, 4.69) is 9.97 Å². The zero-order valence-corrected chi connectivity index (χ0v) is 10.2. The average molecular weight is 268 g/mol. The number of anilines is 1. The molecule has 18 heavy (non-hydrogen) atoms. The predicted molar refractivity (Wildman–Crippen MR) is 67.7 cm³/mol. The average Bonchev–Trinajstić information content (AvgIpc) is 2.31. The van der Waals surface area contributed by atoms with Gasteiger partial charge in [-0.05, 0) is 19.1 Å². The fraction of sp³-hybridized carbons (Fsp3) is 0.182. The maximum atomic E-state index is 11.7. The number of esters is 1. The van der Waals surface area contributed by atoms with E-state index in [0.29, 0.717) is 21.7 Å². The molecule has 0 radical (unpaired) electrons. The molecule has 0 bridgehead atoms. The van der Waals surface area contributed by atoms with Crippen molar-refractivity contribution in [1.29, 1.82) is 0 Å². The number of nitrogen functional groups attached to an aromatic ring is 1. The van der Waals surface area contributed by atoms with Crippen LogP contribution in [0, 0.1) is 0 Å². The van der Waals surface area contributed by atoms with E-state index < -0.39 is 11.5 Å². The molecule has 7 heteroatoms. The molecule has 0 fully saturated rings. The lowest BCUT2D eigenvalue weighted by Crippen LogP contribution is -2.22. The van der Waals surface area contributed by atoms with E-state index in [9.17, 15) is 9.59 Å². The monoisotopic (exact) mass is 267 g/mol. The standard InChI is InChI=1S/C11H10ClN3O3/c1-2-18-11(17)9-10(16)15-7-3-5(12)6(13)4-8(7)14-9/h3-4H,2,13H2,1H3,(H,15,16). The number of nitrogens with zero attached hydrogens (tertiary/aromatic N) is 1. The van der Waals surface area contributed by atoms with Gasteiger partial charge in [0.1, 0.15) is 0 Å². The van der Waals surface area contributed by atoms with Crippen LogP contribution in [0.2, 0.25) is 5.02 Å². The van der Waals surface area contributed by atoms with Crippen LogP contribution in [0.4, 0.5) is 5.69 Å². The molecule has 0 saturated heterocycles. The zero-order valence-electron chi connectivity index (χ0n) is 9.49. The van der Waals surface area contributed by atoms with Gasteiger partial charge < -0.3 is 15.5 Å². The van der Waals surface area contributed by atoms with Crippen molar-refractivity contribution in [3.8, 4) is 0 Å². The lowest BCUT2D eigenvalue weighted by Gasteiger charge is -2.04. The van der Waals surface area contributed by atoms with E-state index in [0.717, 1.165) is 0 Å². The van der Waals surface area contributed by atoms with Crippen molar-refractivity contribution in [2.75, 3.05) is 12.3 Å². The van der Waals surface area contributed by atoms with Gasteiger partial charge in [-0.2, -0.15) is 0 Å². The van der Waals surface area contributed by atoms with Gasteiger partial charge >= 0.3 is 5.97 Å². The third-order valence-corrected chi connectivity index (χ3v) is 2.61. The lowest BCUT2D eigenvalue weighted by molar-refractivity contribution is 0.0517. The summed E-state index contributed by atoms with van der Waals surface area (Å²) in [5, 5.41) is 0.309. The van der Waals surface area contributed by atoms with Crippen LogP contribution in [0.1, 0.15) is 17.4 Å². The van der Waals surface area contributed by atoms with Gasteiger partial charge in [0.2, 0.25) is 5.69 Å². The van der Waals surface area contributed by atoms with E-state index >= 15 is 0 Å². The van der Waals surface area contributed by atoms with Gasteiger partial charge in [0.25, 0.3) is 5.56 Å². The van der Waals surface area contributed by atoms with Crippen molar-refractivity contribution in [2.24, 2.45) is 0 Å². The maximum absolute atomic E-state index is 11.7. The molecule has 0 spiro atoms. The van der Waals surface area contributed by atoms with Crippen molar-refractivity contribution in [1.82, 2.24) is 9.97 Å². The summed E-state index contributed by atoms with van der Waals surface area (Å²) in [5.41, 5.74) is 5.81. The Kier molecular flexibility index (Phi) is 3.20. The minimum Gasteiger partial charge on any atom is -0.461 e. The number of hydrogen-bond acceptors (Lipinski definition) is 5. The van der Waals surface area contributed by atoms with E-state index in [1.165, 1.54) is 12.1 Å². The normalized spacial score (nSPS) is 10.6. The van der Waals surface area contributed by atoms with Crippen molar-refractivity contribution < 1.29 is 9.53 Å². The quantitative estimate of drug-likeness (QED) is 0.632. The first-order valence-corrected chi connectivity index (χ1v) is 5.57. The third-order valence-electron chi connectivity index (χ3n) is 2.28. The zero-order chi connectivity index (χ0) is 13.3. The van der Waals surface area contributed by atoms with Crippen LogP contribution in [0.3, 0.4) is 0 Å². The number of ether oxygens (including phenoxy) is 1. The van der Waals surface area contributed by atoms with Gasteiger partial charge in [-0.15, -0.1) is 0 Å². The summed E-state index contributed by atoms with van der Waals surface area (Å²) in [6, 6.07) is 2.96. The molecule has 2 rings (SSSR count). The molecule has 0 atom stereocenters. The Morgan fingerprint density at radius 1 is 1.56 bits per heavy atom. The molecular weight excluding hydrogens is 258 g/mol. The topological polar surface area (TPSA) is 98.1 Å². The molecule has 1 heterocycles. The number of benzene rings is 1. The lowest BCUT2D eigenvalue weighted by atomic mass is 10.2. The minimum atomic E-state index is -0.769. The molecule has 0 aliphatic heterocycles. The van der Waals surface area contributed by atoms with Crippen LogP contribution in [0.25, 0.3) is 11.0 Å². The first-order chi connectivity index (χ1) is 8.52. The second-order valence-electron chi connectivity index (χ2n) is 3.53. The number of aromatic nitrogens is 2.